The second kappa shape index (κ2) is 8.64. The molecular formula is C20H19N3O7S. The lowest BCUT2D eigenvalue weighted by molar-refractivity contribution is -0.143. The lowest BCUT2D eigenvalue weighted by Crippen LogP contribution is -2.43. The Morgan fingerprint density at radius 1 is 1.16 bits per heavy atom. The van der Waals surface area contributed by atoms with Gasteiger partial charge in [0.1, 0.15) is 17.8 Å². The molecular weight excluding hydrogens is 426 g/mol. The molecule has 3 heterocycles. The fourth-order valence-electron chi connectivity index (χ4n) is 3.23. The normalized spacial score (nSPS) is 12.2. The summed E-state index contributed by atoms with van der Waals surface area (Å²) in [6.07, 6.45) is 0. The van der Waals surface area contributed by atoms with E-state index in [4.69, 9.17) is 14.2 Å². The Hall–Kier alpha value is -3.60. The predicted octanol–water partition coefficient (Wildman–Crippen LogP) is 0.681. The van der Waals surface area contributed by atoms with Crippen LogP contribution in [0, 0.1) is 0 Å². The fourth-order valence-corrected chi connectivity index (χ4v) is 4.07. The molecule has 0 spiro atoms. The highest BCUT2D eigenvalue weighted by Gasteiger charge is 2.19. The molecule has 0 atom stereocenters. The third kappa shape index (κ3) is 4.17. The van der Waals surface area contributed by atoms with Crippen molar-refractivity contribution in [3.05, 3.63) is 56.0 Å². The molecule has 1 amide bonds. The molecule has 0 bridgehead atoms. The second-order valence-corrected chi connectivity index (χ2v) is 7.58. The molecule has 1 aliphatic heterocycles. The zero-order valence-electron chi connectivity index (χ0n) is 16.6. The maximum Gasteiger partial charge on any atom is 0.332 e. The summed E-state index contributed by atoms with van der Waals surface area (Å²) in [5.74, 6) is 0.0227. The number of hydrogen-bond acceptors (Lipinski definition) is 8. The average molecular weight is 445 g/mol. The predicted molar refractivity (Wildman–Crippen MR) is 112 cm³/mol. The number of carbonyl (C=O) groups is 2. The van der Waals surface area contributed by atoms with Gasteiger partial charge in [-0.1, -0.05) is 6.07 Å². The van der Waals surface area contributed by atoms with Gasteiger partial charge >= 0.3 is 11.7 Å². The maximum atomic E-state index is 13.1. The van der Waals surface area contributed by atoms with Gasteiger partial charge in [0.2, 0.25) is 12.7 Å². The number of nitrogens with zero attached hydrogens (tertiary/aromatic N) is 2. The average Bonchev–Trinajstić information content (AvgIpc) is 3.42. The smallest absolute Gasteiger partial charge is 0.332 e. The number of aromatic nitrogens is 2. The maximum absolute atomic E-state index is 13.1. The molecule has 0 unspecified atom stereocenters. The molecule has 1 aliphatic rings. The third-order valence-corrected chi connectivity index (χ3v) is 5.54. The van der Waals surface area contributed by atoms with Crippen molar-refractivity contribution in [2.45, 2.75) is 20.0 Å². The summed E-state index contributed by atoms with van der Waals surface area (Å²) in [6, 6.07) is 6.79. The molecule has 2 aromatic heterocycles. The van der Waals surface area contributed by atoms with Gasteiger partial charge in [-0.05, 0) is 36.1 Å². The summed E-state index contributed by atoms with van der Waals surface area (Å²) >= 11 is 1.19. The van der Waals surface area contributed by atoms with E-state index >= 15 is 0 Å². The highest BCUT2D eigenvalue weighted by molar-refractivity contribution is 7.17. The van der Waals surface area contributed by atoms with E-state index in [9.17, 15) is 19.2 Å². The summed E-state index contributed by atoms with van der Waals surface area (Å²) in [4.78, 5) is 49.8. The fraction of sp³-hybridized carbons (Fsp3) is 0.300. The van der Waals surface area contributed by atoms with Crippen molar-refractivity contribution in [1.82, 2.24) is 14.5 Å². The largest absolute Gasteiger partial charge is 0.465 e. The van der Waals surface area contributed by atoms with E-state index in [-0.39, 0.29) is 33.0 Å². The van der Waals surface area contributed by atoms with Crippen molar-refractivity contribution < 1.29 is 23.8 Å². The molecule has 4 rings (SSSR count). The number of esters is 1. The van der Waals surface area contributed by atoms with E-state index in [1.54, 1.807) is 36.6 Å². The first-order valence-electron chi connectivity index (χ1n) is 9.49. The molecule has 0 aliphatic carbocycles. The van der Waals surface area contributed by atoms with Crippen LogP contribution in [0.25, 0.3) is 10.2 Å². The summed E-state index contributed by atoms with van der Waals surface area (Å²) < 4.78 is 18.1. The molecule has 11 heteroatoms. The van der Waals surface area contributed by atoms with Crippen molar-refractivity contribution in [1.29, 1.82) is 0 Å². The van der Waals surface area contributed by atoms with Gasteiger partial charge in [-0.2, -0.15) is 0 Å². The van der Waals surface area contributed by atoms with Crippen LogP contribution in [0.4, 0.5) is 0 Å². The van der Waals surface area contributed by atoms with Crippen molar-refractivity contribution >= 4 is 33.4 Å². The molecule has 0 saturated carbocycles. The number of thiophene rings is 1. The van der Waals surface area contributed by atoms with Crippen LogP contribution in [0.1, 0.15) is 12.5 Å². The van der Waals surface area contributed by atoms with Gasteiger partial charge in [-0.25, -0.2) is 4.79 Å². The molecule has 162 valence electrons. The first-order chi connectivity index (χ1) is 15.0. The Kier molecular flexibility index (Phi) is 5.76. The van der Waals surface area contributed by atoms with E-state index < -0.39 is 23.1 Å². The monoisotopic (exact) mass is 445 g/mol. The topological polar surface area (TPSA) is 118 Å². The SMILES string of the molecule is CCOC(=O)CNC(=O)Cn1c(=O)n(Cc2ccc3c(c2)OCO3)c(=O)c2sccc21. The first kappa shape index (κ1) is 20.7. The third-order valence-electron chi connectivity index (χ3n) is 4.65. The number of nitrogens with one attached hydrogen (secondary N) is 1. The summed E-state index contributed by atoms with van der Waals surface area (Å²) in [6.45, 7) is 1.35. The number of benzene rings is 1. The standard InChI is InChI=1S/C20H19N3O7S/c1-2-28-17(25)8-21-16(24)10-22-13-5-6-31-18(13)19(26)23(20(22)27)9-12-3-4-14-15(7-12)30-11-29-14/h3-7H,2,8-11H2,1H3,(H,21,24). The number of hydrogen-bond donors (Lipinski definition) is 1. The van der Waals surface area contributed by atoms with Crippen LogP contribution in [0.15, 0.2) is 39.2 Å². The highest BCUT2D eigenvalue weighted by atomic mass is 32.1. The Morgan fingerprint density at radius 2 is 1.97 bits per heavy atom. The quantitative estimate of drug-likeness (QED) is 0.532. The van der Waals surface area contributed by atoms with E-state index in [2.05, 4.69) is 5.32 Å². The molecule has 0 saturated heterocycles. The Bertz CT molecular complexity index is 1270. The summed E-state index contributed by atoms with van der Waals surface area (Å²) in [7, 11) is 0. The van der Waals surface area contributed by atoms with E-state index in [0.29, 0.717) is 27.3 Å². The van der Waals surface area contributed by atoms with Crippen LogP contribution >= 0.6 is 11.3 Å². The Morgan fingerprint density at radius 3 is 2.77 bits per heavy atom. The molecule has 1 aromatic carbocycles. The van der Waals surface area contributed by atoms with E-state index in [0.717, 1.165) is 4.57 Å². The van der Waals surface area contributed by atoms with Crippen LogP contribution in [0.2, 0.25) is 0 Å². The minimum Gasteiger partial charge on any atom is -0.465 e. The Labute approximate surface area is 179 Å². The number of amides is 1. The van der Waals surface area contributed by atoms with Gasteiger partial charge in [-0.3, -0.25) is 23.5 Å². The van der Waals surface area contributed by atoms with Gasteiger partial charge in [0, 0.05) is 0 Å². The zero-order chi connectivity index (χ0) is 22.0. The summed E-state index contributed by atoms with van der Waals surface area (Å²) in [5, 5.41) is 4.11. The molecule has 0 radical (unpaired) electrons. The second-order valence-electron chi connectivity index (χ2n) is 6.66. The van der Waals surface area contributed by atoms with Gasteiger partial charge in [0.25, 0.3) is 5.56 Å². The van der Waals surface area contributed by atoms with Crippen LogP contribution in [-0.2, 0) is 27.4 Å². The number of carbonyl (C=O) groups excluding carboxylic acids is 2. The van der Waals surface area contributed by atoms with Crippen molar-refractivity contribution in [3.63, 3.8) is 0 Å². The molecule has 31 heavy (non-hydrogen) atoms. The lowest BCUT2D eigenvalue weighted by atomic mass is 10.2. The van der Waals surface area contributed by atoms with Crippen LogP contribution in [-0.4, -0.2) is 41.0 Å². The van der Waals surface area contributed by atoms with E-state index in [1.807, 2.05) is 0 Å². The number of ether oxygens (including phenoxy) is 3. The lowest BCUT2D eigenvalue weighted by Gasteiger charge is -2.12. The highest BCUT2D eigenvalue weighted by Crippen LogP contribution is 2.32. The van der Waals surface area contributed by atoms with Crippen molar-refractivity contribution in [3.8, 4) is 11.5 Å². The summed E-state index contributed by atoms with van der Waals surface area (Å²) in [5.41, 5.74) is -0.0124. The van der Waals surface area contributed by atoms with Crippen molar-refractivity contribution in [2.75, 3.05) is 19.9 Å². The Balaban J connectivity index is 1.64. The van der Waals surface area contributed by atoms with Crippen LogP contribution in [0.3, 0.4) is 0 Å². The minimum atomic E-state index is -0.625. The molecule has 3 aromatic rings. The van der Waals surface area contributed by atoms with Gasteiger partial charge in [0.15, 0.2) is 11.5 Å². The molecule has 0 fully saturated rings. The van der Waals surface area contributed by atoms with E-state index in [1.165, 1.54) is 15.9 Å². The molecule has 10 nitrogen and oxygen atoms in total. The molecule has 1 N–H and O–H groups in total. The van der Waals surface area contributed by atoms with Crippen molar-refractivity contribution in [2.24, 2.45) is 0 Å². The minimum absolute atomic E-state index is 0.00654. The number of rotatable bonds is 7. The van der Waals surface area contributed by atoms with Gasteiger partial charge < -0.3 is 19.5 Å². The first-order valence-corrected chi connectivity index (χ1v) is 10.4. The van der Waals surface area contributed by atoms with Gasteiger partial charge in [-0.15, -0.1) is 11.3 Å². The van der Waals surface area contributed by atoms with Crippen LogP contribution < -0.4 is 26.0 Å². The van der Waals surface area contributed by atoms with Gasteiger partial charge in [0.05, 0.1) is 18.7 Å². The number of fused-ring (bicyclic) bond motifs is 2. The van der Waals surface area contributed by atoms with Crippen LogP contribution in [0.5, 0.6) is 11.5 Å². The zero-order valence-corrected chi connectivity index (χ0v) is 17.4.